The van der Waals surface area contributed by atoms with Gasteiger partial charge in [-0.15, -0.1) is 0 Å². The van der Waals surface area contributed by atoms with Crippen molar-refractivity contribution in [2.45, 2.75) is 6.54 Å². The van der Waals surface area contributed by atoms with Crippen molar-refractivity contribution in [3.05, 3.63) is 101 Å². The number of benzene rings is 1. The maximum absolute atomic E-state index is 12.6. The lowest BCUT2D eigenvalue weighted by Gasteiger charge is -2.09. The number of hydrogen-bond donors (Lipinski definition) is 1. The number of aromatic nitrogens is 5. The Balaban J connectivity index is 1.52. The van der Waals surface area contributed by atoms with Crippen molar-refractivity contribution in [1.82, 2.24) is 24.1 Å². The average molecular weight is 372 g/mol. The highest BCUT2D eigenvalue weighted by Crippen LogP contribution is 2.14. The van der Waals surface area contributed by atoms with Crippen LogP contribution in [0.15, 0.2) is 84.6 Å². The highest BCUT2D eigenvalue weighted by molar-refractivity contribution is 6.04. The number of nitrogens with zero attached hydrogens (tertiary/aromatic N) is 5. The smallest absolute Gasteiger partial charge is 0.322 e. The first kappa shape index (κ1) is 17.3. The Morgan fingerprint density at radius 3 is 2.75 bits per heavy atom. The molecule has 3 aromatic heterocycles. The highest BCUT2D eigenvalue weighted by atomic mass is 16.2. The predicted octanol–water partition coefficient (Wildman–Crippen LogP) is 2.12. The Bertz CT molecular complexity index is 1170. The highest BCUT2D eigenvalue weighted by Gasteiger charge is 2.09. The molecule has 0 atom stereocenters. The van der Waals surface area contributed by atoms with Gasteiger partial charge in [0.15, 0.2) is 0 Å². The lowest BCUT2D eigenvalue weighted by molar-refractivity contribution is 0.102. The minimum Gasteiger partial charge on any atom is -0.322 e. The number of nitrogens with one attached hydrogen (secondary N) is 1. The monoisotopic (exact) mass is 372 g/mol. The average Bonchev–Trinajstić information content (AvgIpc) is 3.25. The molecule has 1 N–H and O–H groups in total. The standard InChI is InChI=1S/C20H16N6O2/c27-19(16-5-7-22-18(12-16)26-10-8-21-14-26)24-17-4-1-3-15(11-17)13-25-9-2-6-23-20(25)28/h1-12,14H,13H2,(H,24,27). The van der Waals surface area contributed by atoms with E-state index in [1.54, 1.807) is 59.9 Å². The molecule has 0 spiro atoms. The molecule has 28 heavy (non-hydrogen) atoms. The van der Waals surface area contributed by atoms with E-state index in [2.05, 4.69) is 20.3 Å². The van der Waals surface area contributed by atoms with Crippen molar-refractivity contribution in [3.63, 3.8) is 0 Å². The largest absolute Gasteiger partial charge is 0.347 e. The molecular weight excluding hydrogens is 356 g/mol. The van der Waals surface area contributed by atoms with Crippen LogP contribution in [0, 0.1) is 0 Å². The summed E-state index contributed by atoms with van der Waals surface area (Å²) in [5, 5.41) is 2.88. The quantitative estimate of drug-likeness (QED) is 0.579. The van der Waals surface area contributed by atoms with E-state index in [9.17, 15) is 9.59 Å². The Labute approximate surface area is 160 Å². The summed E-state index contributed by atoms with van der Waals surface area (Å²) < 4.78 is 3.23. The van der Waals surface area contributed by atoms with Crippen LogP contribution in [0.5, 0.6) is 0 Å². The number of rotatable bonds is 5. The molecule has 1 amide bonds. The molecule has 1 aromatic carbocycles. The molecule has 0 bridgehead atoms. The van der Waals surface area contributed by atoms with Gasteiger partial charge in [0, 0.05) is 42.2 Å². The first-order valence-corrected chi connectivity index (χ1v) is 8.55. The molecule has 4 rings (SSSR count). The third-order valence-electron chi connectivity index (χ3n) is 4.10. The molecule has 0 aliphatic heterocycles. The van der Waals surface area contributed by atoms with Crippen LogP contribution in [0.1, 0.15) is 15.9 Å². The van der Waals surface area contributed by atoms with Crippen molar-refractivity contribution in [2.24, 2.45) is 0 Å². The van der Waals surface area contributed by atoms with Gasteiger partial charge in [0.2, 0.25) is 0 Å². The van der Waals surface area contributed by atoms with E-state index in [1.807, 2.05) is 18.2 Å². The summed E-state index contributed by atoms with van der Waals surface area (Å²) in [5.41, 5.74) is 1.68. The van der Waals surface area contributed by atoms with Crippen LogP contribution in [0.4, 0.5) is 5.69 Å². The SMILES string of the molecule is O=C(Nc1cccc(Cn2cccnc2=O)c1)c1ccnc(-n2ccnc2)c1. The fourth-order valence-electron chi connectivity index (χ4n) is 2.75. The second-order valence-electron chi connectivity index (χ2n) is 6.06. The number of amides is 1. The van der Waals surface area contributed by atoms with Crippen LogP contribution in [0.25, 0.3) is 5.82 Å². The van der Waals surface area contributed by atoms with E-state index in [-0.39, 0.29) is 11.6 Å². The Kier molecular flexibility index (Phi) is 4.75. The van der Waals surface area contributed by atoms with E-state index in [0.29, 0.717) is 23.6 Å². The second kappa shape index (κ2) is 7.67. The van der Waals surface area contributed by atoms with Crippen LogP contribution in [0.2, 0.25) is 0 Å². The van der Waals surface area contributed by atoms with Crippen molar-refractivity contribution in [2.75, 3.05) is 5.32 Å². The second-order valence-corrected chi connectivity index (χ2v) is 6.06. The first-order chi connectivity index (χ1) is 13.7. The summed E-state index contributed by atoms with van der Waals surface area (Å²) in [5.74, 6) is 0.356. The van der Waals surface area contributed by atoms with Gasteiger partial charge in [-0.25, -0.2) is 19.7 Å². The number of imidazole rings is 1. The van der Waals surface area contributed by atoms with Crippen LogP contribution in [-0.2, 0) is 6.54 Å². The van der Waals surface area contributed by atoms with E-state index >= 15 is 0 Å². The molecule has 0 aliphatic carbocycles. The number of carbonyl (C=O) groups is 1. The maximum Gasteiger partial charge on any atom is 0.347 e. The van der Waals surface area contributed by atoms with E-state index < -0.39 is 0 Å². The topological polar surface area (TPSA) is 94.7 Å². The molecule has 8 heteroatoms. The molecule has 0 saturated carbocycles. The number of carbonyl (C=O) groups excluding carboxylic acids is 1. The summed E-state index contributed by atoms with van der Waals surface area (Å²) in [7, 11) is 0. The molecular formula is C20H16N6O2. The van der Waals surface area contributed by atoms with Crippen molar-refractivity contribution < 1.29 is 4.79 Å². The van der Waals surface area contributed by atoms with Gasteiger partial charge in [-0.05, 0) is 35.9 Å². The normalized spacial score (nSPS) is 10.6. The summed E-state index contributed by atoms with van der Waals surface area (Å²) in [6.45, 7) is 0.371. The maximum atomic E-state index is 12.6. The molecule has 0 aliphatic rings. The molecule has 0 unspecified atom stereocenters. The molecule has 0 radical (unpaired) electrons. The number of pyridine rings is 1. The Morgan fingerprint density at radius 1 is 1.00 bits per heavy atom. The summed E-state index contributed by atoms with van der Waals surface area (Å²) in [4.78, 5) is 36.4. The van der Waals surface area contributed by atoms with Gasteiger partial charge < -0.3 is 5.32 Å². The van der Waals surface area contributed by atoms with E-state index in [1.165, 1.54) is 10.8 Å². The van der Waals surface area contributed by atoms with Crippen LogP contribution in [0.3, 0.4) is 0 Å². The fourth-order valence-corrected chi connectivity index (χ4v) is 2.75. The van der Waals surface area contributed by atoms with Crippen molar-refractivity contribution >= 4 is 11.6 Å². The van der Waals surface area contributed by atoms with Gasteiger partial charge in [-0.3, -0.25) is 13.9 Å². The number of anilines is 1. The van der Waals surface area contributed by atoms with Gasteiger partial charge in [-0.1, -0.05) is 12.1 Å². The van der Waals surface area contributed by atoms with Gasteiger partial charge in [0.05, 0.1) is 6.54 Å². The van der Waals surface area contributed by atoms with Gasteiger partial charge >= 0.3 is 5.69 Å². The lowest BCUT2D eigenvalue weighted by atomic mass is 10.2. The third kappa shape index (κ3) is 3.85. The molecule has 3 heterocycles. The fraction of sp³-hybridized carbons (Fsp3) is 0.0500. The molecule has 8 nitrogen and oxygen atoms in total. The zero-order chi connectivity index (χ0) is 19.3. The molecule has 138 valence electrons. The predicted molar refractivity (Wildman–Crippen MR) is 103 cm³/mol. The summed E-state index contributed by atoms with van der Waals surface area (Å²) in [6.07, 6.45) is 9.74. The van der Waals surface area contributed by atoms with Gasteiger partial charge in [0.25, 0.3) is 5.91 Å². The zero-order valence-electron chi connectivity index (χ0n) is 14.8. The first-order valence-electron chi connectivity index (χ1n) is 8.55. The Morgan fingerprint density at radius 2 is 1.93 bits per heavy atom. The van der Waals surface area contributed by atoms with Gasteiger partial charge in [0.1, 0.15) is 12.1 Å². The summed E-state index contributed by atoms with van der Waals surface area (Å²) >= 11 is 0. The third-order valence-corrected chi connectivity index (χ3v) is 4.10. The van der Waals surface area contributed by atoms with Crippen molar-refractivity contribution in [1.29, 1.82) is 0 Å². The Hall–Kier alpha value is -4.07. The minimum atomic E-state index is -0.319. The molecule has 0 saturated heterocycles. The van der Waals surface area contributed by atoms with Crippen LogP contribution >= 0.6 is 0 Å². The summed E-state index contributed by atoms with van der Waals surface area (Å²) in [6, 6.07) is 12.4. The van der Waals surface area contributed by atoms with Gasteiger partial charge in [-0.2, -0.15) is 0 Å². The lowest BCUT2D eigenvalue weighted by Crippen LogP contribution is -2.22. The minimum absolute atomic E-state index is 0.250. The molecule has 4 aromatic rings. The molecule has 0 fully saturated rings. The zero-order valence-corrected chi connectivity index (χ0v) is 14.8. The van der Waals surface area contributed by atoms with Crippen molar-refractivity contribution in [3.8, 4) is 5.82 Å². The van der Waals surface area contributed by atoms with Crippen LogP contribution in [-0.4, -0.2) is 30.0 Å². The van der Waals surface area contributed by atoms with E-state index in [4.69, 9.17) is 0 Å². The van der Waals surface area contributed by atoms with E-state index in [0.717, 1.165) is 5.56 Å². The number of hydrogen-bond acceptors (Lipinski definition) is 5. The van der Waals surface area contributed by atoms with Crippen LogP contribution < -0.4 is 11.0 Å².